The van der Waals surface area contributed by atoms with Crippen LogP contribution in [0.3, 0.4) is 0 Å². The van der Waals surface area contributed by atoms with Crippen molar-refractivity contribution in [2.45, 2.75) is 44.4 Å². The van der Waals surface area contributed by atoms with Crippen LogP contribution in [0.2, 0.25) is 0 Å². The zero-order chi connectivity index (χ0) is 31.6. The van der Waals surface area contributed by atoms with Crippen molar-refractivity contribution in [3.8, 4) is 0 Å². The van der Waals surface area contributed by atoms with Crippen LogP contribution >= 0.6 is 11.3 Å². The van der Waals surface area contributed by atoms with E-state index < -0.39 is 28.4 Å². The number of alkyl halides is 3. The van der Waals surface area contributed by atoms with Gasteiger partial charge in [0.1, 0.15) is 17.0 Å². The number of piperazine rings is 1. The molecule has 1 N–H and O–H groups in total. The van der Waals surface area contributed by atoms with Crippen LogP contribution in [0.5, 0.6) is 0 Å². The topological polar surface area (TPSA) is 117 Å². The Morgan fingerprint density at radius 2 is 1.87 bits per heavy atom. The summed E-state index contributed by atoms with van der Waals surface area (Å²) in [6.45, 7) is 4.78. The second-order valence-electron chi connectivity index (χ2n) is 12.5. The van der Waals surface area contributed by atoms with Crippen molar-refractivity contribution in [3.63, 3.8) is 0 Å². The van der Waals surface area contributed by atoms with Gasteiger partial charge in [-0.2, -0.15) is 17.5 Å². The molecule has 16 heteroatoms. The number of nitrogens with one attached hydrogen (secondary N) is 1. The third kappa shape index (κ3) is 6.29. The molecule has 45 heavy (non-hydrogen) atoms. The van der Waals surface area contributed by atoms with E-state index in [1.807, 2.05) is 18.2 Å². The number of rotatable bonds is 8. The van der Waals surface area contributed by atoms with Gasteiger partial charge >= 0.3 is 11.9 Å². The number of aromatic nitrogens is 3. The number of halogens is 3. The number of anilines is 2. The molecule has 3 aromatic heterocycles. The van der Waals surface area contributed by atoms with Gasteiger partial charge in [-0.05, 0) is 42.9 Å². The summed E-state index contributed by atoms with van der Waals surface area (Å²) in [4.78, 5) is 26.5. The average molecular weight is 666 g/mol. The van der Waals surface area contributed by atoms with E-state index in [0.717, 1.165) is 54.9 Å². The molecule has 0 amide bonds. The van der Waals surface area contributed by atoms with Gasteiger partial charge in [-0.15, -0.1) is 11.3 Å². The van der Waals surface area contributed by atoms with E-state index in [1.54, 1.807) is 10.6 Å². The highest BCUT2D eigenvalue weighted by Gasteiger charge is 2.49. The smallest absolute Gasteiger partial charge is 0.408 e. The Morgan fingerprint density at radius 3 is 2.60 bits per heavy atom. The van der Waals surface area contributed by atoms with Crippen LogP contribution in [0.15, 0.2) is 39.8 Å². The molecule has 11 nitrogen and oxygen atoms in total. The highest BCUT2D eigenvalue weighted by atomic mass is 32.2. The lowest BCUT2D eigenvalue weighted by atomic mass is 9.65. The first kappa shape index (κ1) is 30.4. The Morgan fingerprint density at radius 1 is 1.09 bits per heavy atom. The summed E-state index contributed by atoms with van der Waals surface area (Å²) in [7, 11) is -3.19. The Kier molecular flexibility index (Phi) is 7.61. The summed E-state index contributed by atoms with van der Waals surface area (Å²) < 4.78 is 71.1. The number of hydrogen-bond donors (Lipinski definition) is 1. The fraction of sp³-hybridized carbons (Fsp3) is 0.552. The maximum Gasteiger partial charge on any atom is 0.419 e. The van der Waals surface area contributed by atoms with E-state index in [1.165, 1.54) is 16.9 Å². The van der Waals surface area contributed by atoms with Crippen LogP contribution < -0.4 is 16.0 Å². The van der Waals surface area contributed by atoms with Crippen molar-refractivity contribution in [1.29, 1.82) is 0 Å². The molecule has 7 rings (SSSR count). The van der Waals surface area contributed by atoms with Gasteiger partial charge in [0.25, 0.3) is 0 Å². The second-order valence-corrected chi connectivity index (χ2v) is 15.6. The molecule has 4 aromatic rings. The molecule has 0 radical (unpaired) electrons. The largest absolute Gasteiger partial charge is 0.419 e. The fourth-order valence-corrected chi connectivity index (χ4v) is 8.94. The molecule has 1 aliphatic carbocycles. The molecule has 1 spiro atoms. The molecule has 0 unspecified atom stereocenters. The van der Waals surface area contributed by atoms with E-state index in [0.29, 0.717) is 60.9 Å². The molecule has 2 saturated heterocycles. The van der Waals surface area contributed by atoms with Gasteiger partial charge < -0.3 is 14.6 Å². The summed E-state index contributed by atoms with van der Waals surface area (Å²) in [5.74, 6) is 0.291. The number of oxazole rings is 1. The molecule has 3 fully saturated rings. The normalized spacial score (nSPS) is 23.4. The number of hydrogen-bond acceptors (Lipinski definition) is 10. The number of nitrogens with zero attached hydrogens (tertiary/aromatic N) is 6. The number of thiophene rings is 1. The standard InChI is InChI=1S/C29H34F3N7O4S2/c1-45(41,42)38-9-6-36(7-10-38)8-11-39-23-3-2-19(12-24(23)43-27(39)40)35-20-14-28(15-20)4-5-37(17-28)25-22-13-21(16-29(30,31)32)44-26(22)34-18-33-25/h2-3,12-13,18,20,35H,4-11,14-17H2,1H3. The fourth-order valence-electron chi connectivity index (χ4n) is 7.10. The molecular formula is C29H34F3N7O4S2. The quantitative estimate of drug-likeness (QED) is 0.301. The van der Waals surface area contributed by atoms with Gasteiger partial charge in [0, 0.05) is 75.0 Å². The van der Waals surface area contributed by atoms with Gasteiger partial charge in [0.05, 0.1) is 23.6 Å². The van der Waals surface area contributed by atoms with Crippen molar-refractivity contribution in [2.75, 3.05) is 62.3 Å². The van der Waals surface area contributed by atoms with Gasteiger partial charge in [0.2, 0.25) is 10.0 Å². The monoisotopic (exact) mass is 665 g/mol. The van der Waals surface area contributed by atoms with Crippen molar-refractivity contribution in [2.24, 2.45) is 5.41 Å². The van der Waals surface area contributed by atoms with Crippen molar-refractivity contribution >= 4 is 54.2 Å². The Bertz CT molecular complexity index is 1890. The van der Waals surface area contributed by atoms with E-state index >= 15 is 0 Å². The number of fused-ring (bicyclic) bond motifs is 2. The highest BCUT2D eigenvalue weighted by molar-refractivity contribution is 7.88. The van der Waals surface area contributed by atoms with Crippen LogP contribution in [0.4, 0.5) is 24.7 Å². The molecule has 1 saturated carbocycles. The van der Waals surface area contributed by atoms with Gasteiger partial charge in [-0.3, -0.25) is 9.47 Å². The minimum Gasteiger partial charge on any atom is -0.408 e. The highest BCUT2D eigenvalue weighted by Crippen LogP contribution is 2.50. The van der Waals surface area contributed by atoms with Crippen LogP contribution in [0.1, 0.15) is 24.1 Å². The summed E-state index contributed by atoms with van der Waals surface area (Å²) >= 11 is 1.07. The molecule has 3 aliphatic rings. The van der Waals surface area contributed by atoms with E-state index in [-0.39, 0.29) is 16.3 Å². The molecule has 242 valence electrons. The van der Waals surface area contributed by atoms with Crippen LogP contribution in [-0.2, 0) is 23.0 Å². The maximum atomic E-state index is 13.0. The van der Waals surface area contributed by atoms with E-state index in [9.17, 15) is 26.4 Å². The summed E-state index contributed by atoms with van der Waals surface area (Å²) in [6.07, 6.45) is 0.327. The van der Waals surface area contributed by atoms with Crippen LogP contribution in [-0.4, -0.2) is 96.4 Å². The first-order valence-corrected chi connectivity index (χ1v) is 17.6. The van der Waals surface area contributed by atoms with E-state index in [2.05, 4.69) is 25.1 Å². The zero-order valence-electron chi connectivity index (χ0n) is 24.7. The summed E-state index contributed by atoms with van der Waals surface area (Å²) in [5, 5.41) is 4.26. The van der Waals surface area contributed by atoms with Crippen molar-refractivity contribution < 1.29 is 26.0 Å². The third-order valence-corrected chi connectivity index (χ3v) is 11.7. The predicted octanol–water partition coefficient (Wildman–Crippen LogP) is 3.75. The molecule has 0 atom stereocenters. The predicted molar refractivity (Wildman–Crippen MR) is 166 cm³/mol. The lowest BCUT2D eigenvalue weighted by Gasteiger charge is -2.46. The van der Waals surface area contributed by atoms with Crippen LogP contribution in [0, 0.1) is 5.41 Å². The SMILES string of the molecule is CS(=O)(=O)N1CCN(CCn2c(=O)oc3cc(NC4CC5(CCN(c6ncnc7sc(CC(F)(F)F)cc67)C5)C4)ccc32)CC1. The minimum absolute atomic E-state index is 0.118. The van der Waals surface area contributed by atoms with Gasteiger partial charge in [-0.1, -0.05) is 0 Å². The Hall–Kier alpha value is -3.21. The average Bonchev–Trinajstić information content (AvgIpc) is 3.65. The Labute approximate surface area is 261 Å². The minimum atomic E-state index is -4.26. The summed E-state index contributed by atoms with van der Waals surface area (Å²) in [5.41, 5.74) is 2.23. The summed E-state index contributed by atoms with van der Waals surface area (Å²) in [6, 6.07) is 7.55. The molecule has 5 heterocycles. The van der Waals surface area contributed by atoms with Crippen molar-refractivity contribution in [1.82, 2.24) is 23.7 Å². The van der Waals surface area contributed by atoms with Crippen molar-refractivity contribution in [3.05, 3.63) is 46.0 Å². The van der Waals surface area contributed by atoms with Crippen LogP contribution in [0.25, 0.3) is 21.3 Å². The first-order valence-electron chi connectivity index (χ1n) is 15.0. The van der Waals surface area contributed by atoms with Gasteiger partial charge in [-0.25, -0.2) is 23.2 Å². The number of sulfonamides is 1. The lowest BCUT2D eigenvalue weighted by Crippen LogP contribution is -2.49. The zero-order valence-corrected chi connectivity index (χ0v) is 26.3. The third-order valence-electron chi connectivity index (χ3n) is 9.31. The Balaban J connectivity index is 0.951. The second kappa shape index (κ2) is 11.2. The van der Waals surface area contributed by atoms with E-state index in [4.69, 9.17) is 4.42 Å². The first-order chi connectivity index (χ1) is 21.3. The van der Waals surface area contributed by atoms with Gasteiger partial charge in [0.15, 0.2) is 5.58 Å². The number of benzene rings is 1. The molecule has 0 bridgehead atoms. The molecule has 2 aliphatic heterocycles. The molecular weight excluding hydrogens is 631 g/mol. The maximum absolute atomic E-state index is 13.0. The molecule has 1 aromatic carbocycles. The lowest BCUT2D eigenvalue weighted by molar-refractivity contribution is -0.126.